The van der Waals surface area contributed by atoms with Crippen LogP contribution in [0.4, 0.5) is 5.69 Å². The van der Waals surface area contributed by atoms with Crippen LogP contribution < -0.4 is 4.72 Å². The van der Waals surface area contributed by atoms with Crippen molar-refractivity contribution < 1.29 is 27.9 Å². The third kappa shape index (κ3) is 3.98. The smallest absolute Gasteiger partial charge is 0.339 e. The van der Waals surface area contributed by atoms with Gasteiger partial charge in [-0.3, -0.25) is 9.52 Å². The molecule has 0 aliphatic rings. The second kappa shape index (κ2) is 5.74. The molecule has 0 spiro atoms. The number of aromatic amines is 1. The Hall–Kier alpha value is -2.03. The maximum Gasteiger partial charge on any atom is 0.339 e. The number of aromatic nitrogens is 1. The van der Waals surface area contributed by atoms with Gasteiger partial charge in [0.15, 0.2) is 0 Å². The Balaban J connectivity index is 2.84. The number of carbonyl (C=O) groups excluding carboxylic acids is 1. The maximum absolute atomic E-state index is 11.7. The number of carboxylic acids is 1. The molecule has 19 heavy (non-hydrogen) atoms. The lowest BCUT2D eigenvalue weighted by molar-refractivity contribution is -0.140. The molecule has 0 bridgehead atoms. The van der Waals surface area contributed by atoms with E-state index in [1.165, 1.54) is 13.1 Å². The second-order valence-corrected chi connectivity index (χ2v) is 5.60. The van der Waals surface area contributed by atoms with Crippen LogP contribution in [0.25, 0.3) is 0 Å². The van der Waals surface area contributed by atoms with Crippen molar-refractivity contribution in [3.05, 3.63) is 17.5 Å². The first kappa shape index (κ1) is 15.0. The molecule has 1 aromatic heterocycles. The van der Waals surface area contributed by atoms with Crippen LogP contribution in [-0.2, 0) is 19.6 Å². The van der Waals surface area contributed by atoms with E-state index in [0.29, 0.717) is 5.69 Å². The first-order valence-electron chi connectivity index (χ1n) is 5.25. The first-order chi connectivity index (χ1) is 8.76. The number of hydrogen-bond acceptors (Lipinski definition) is 5. The summed E-state index contributed by atoms with van der Waals surface area (Å²) in [5, 5.41) is 8.96. The number of nitrogens with one attached hydrogen (secondary N) is 2. The summed E-state index contributed by atoms with van der Waals surface area (Å²) >= 11 is 0. The number of aryl methyl sites for hydroxylation is 1. The molecule has 8 nitrogen and oxygen atoms in total. The monoisotopic (exact) mass is 290 g/mol. The first-order valence-corrected chi connectivity index (χ1v) is 6.90. The Morgan fingerprint density at radius 3 is 2.63 bits per heavy atom. The number of carbonyl (C=O) groups is 2. The zero-order valence-electron chi connectivity index (χ0n) is 10.4. The summed E-state index contributed by atoms with van der Waals surface area (Å²) in [4.78, 5) is 24.5. The van der Waals surface area contributed by atoms with Gasteiger partial charge in [0.05, 0.1) is 25.0 Å². The van der Waals surface area contributed by atoms with E-state index in [1.807, 2.05) is 0 Å². The lowest BCUT2D eigenvalue weighted by Gasteiger charge is -2.07. The van der Waals surface area contributed by atoms with E-state index in [1.54, 1.807) is 0 Å². The quantitative estimate of drug-likeness (QED) is 0.648. The van der Waals surface area contributed by atoms with Gasteiger partial charge in [0.2, 0.25) is 10.0 Å². The number of carboxylic acid groups (broad SMARTS) is 1. The minimum absolute atomic E-state index is 0.0603. The standard InChI is InChI=1S/C10H14N2O6S/c1-6-9(10(14)15)7(5-11-6)12-19(16,17)4-3-8(13)18-2/h5,11-12H,3-4H2,1-2H3,(H,14,15). The Labute approximate surface area is 109 Å². The number of esters is 1. The molecule has 0 radical (unpaired) electrons. The molecule has 9 heteroatoms. The molecule has 1 heterocycles. The fourth-order valence-electron chi connectivity index (χ4n) is 1.42. The highest BCUT2D eigenvalue weighted by molar-refractivity contribution is 7.92. The third-order valence-corrected chi connectivity index (χ3v) is 3.63. The van der Waals surface area contributed by atoms with Crippen LogP contribution in [-0.4, -0.2) is 43.3 Å². The summed E-state index contributed by atoms with van der Waals surface area (Å²) in [6, 6.07) is 0. The molecular formula is C10H14N2O6S. The van der Waals surface area contributed by atoms with E-state index >= 15 is 0 Å². The van der Waals surface area contributed by atoms with Gasteiger partial charge in [-0.15, -0.1) is 0 Å². The van der Waals surface area contributed by atoms with Gasteiger partial charge in [-0.25, -0.2) is 13.2 Å². The van der Waals surface area contributed by atoms with Gasteiger partial charge in [0, 0.05) is 11.9 Å². The van der Waals surface area contributed by atoms with E-state index in [2.05, 4.69) is 14.4 Å². The Morgan fingerprint density at radius 1 is 1.47 bits per heavy atom. The number of sulfonamides is 1. The number of methoxy groups -OCH3 is 1. The number of aromatic carboxylic acids is 1. The Kier molecular flexibility index (Phi) is 4.54. The van der Waals surface area contributed by atoms with Gasteiger partial charge in [0.1, 0.15) is 5.56 Å². The minimum Gasteiger partial charge on any atom is -0.478 e. The molecule has 0 aromatic carbocycles. The van der Waals surface area contributed by atoms with Gasteiger partial charge in [0.25, 0.3) is 0 Å². The predicted octanol–water partition coefficient (Wildman–Crippen LogP) is 0.326. The molecule has 0 saturated heterocycles. The van der Waals surface area contributed by atoms with Crippen molar-refractivity contribution in [3.63, 3.8) is 0 Å². The maximum atomic E-state index is 11.7. The number of ether oxygens (including phenoxy) is 1. The van der Waals surface area contributed by atoms with Crippen LogP contribution >= 0.6 is 0 Å². The van der Waals surface area contributed by atoms with Gasteiger partial charge < -0.3 is 14.8 Å². The fraction of sp³-hybridized carbons (Fsp3) is 0.400. The molecule has 0 atom stereocenters. The second-order valence-electron chi connectivity index (χ2n) is 3.75. The van der Waals surface area contributed by atoms with Gasteiger partial charge in [-0.1, -0.05) is 0 Å². The van der Waals surface area contributed by atoms with Crippen LogP contribution in [0.5, 0.6) is 0 Å². The van der Waals surface area contributed by atoms with Crippen LogP contribution in [0.3, 0.4) is 0 Å². The highest BCUT2D eigenvalue weighted by atomic mass is 32.2. The number of H-pyrrole nitrogens is 1. The van der Waals surface area contributed by atoms with E-state index in [9.17, 15) is 18.0 Å². The summed E-state index contributed by atoms with van der Waals surface area (Å²) in [7, 11) is -2.66. The van der Waals surface area contributed by atoms with Crippen molar-refractivity contribution in [1.82, 2.24) is 4.98 Å². The summed E-state index contributed by atoms with van der Waals surface area (Å²) in [6.07, 6.45) is 0.937. The van der Waals surface area contributed by atoms with Crippen molar-refractivity contribution >= 4 is 27.6 Å². The SMILES string of the molecule is COC(=O)CCS(=O)(=O)Nc1c[nH]c(C)c1C(=O)O. The van der Waals surface area contributed by atoms with Gasteiger partial charge in [-0.05, 0) is 6.92 Å². The normalized spacial score (nSPS) is 11.1. The van der Waals surface area contributed by atoms with E-state index < -0.39 is 27.7 Å². The Bertz CT molecular complexity index is 589. The Morgan fingerprint density at radius 2 is 2.11 bits per heavy atom. The topological polar surface area (TPSA) is 126 Å². The van der Waals surface area contributed by atoms with Crippen molar-refractivity contribution in [2.45, 2.75) is 13.3 Å². The van der Waals surface area contributed by atoms with Crippen molar-refractivity contribution in [2.75, 3.05) is 17.6 Å². The number of rotatable bonds is 6. The fourth-order valence-corrected chi connectivity index (χ4v) is 2.45. The van der Waals surface area contributed by atoms with Crippen LogP contribution in [0.1, 0.15) is 22.5 Å². The van der Waals surface area contributed by atoms with Crippen molar-refractivity contribution in [1.29, 1.82) is 0 Å². The van der Waals surface area contributed by atoms with Gasteiger partial charge >= 0.3 is 11.9 Å². The highest BCUT2D eigenvalue weighted by Crippen LogP contribution is 2.20. The summed E-state index contributed by atoms with van der Waals surface area (Å²) in [5.74, 6) is -2.39. The largest absolute Gasteiger partial charge is 0.478 e. The molecule has 0 saturated carbocycles. The molecule has 1 rings (SSSR count). The zero-order chi connectivity index (χ0) is 14.6. The van der Waals surface area contributed by atoms with Crippen molar-refractivity contribution in [2.24, 2.45) is 0 Å². The average molecular weight is 290 g/mol. The molecule has 0 aliphatic heterocycles. The molecular weight excluding hydrogens is 276 g/mol. The van der Waals surface area contributed by atoms with Crippen LogP contribution in [0.15, 0.2) is 6.20 Å². The predicted molar refractivity (Wildman–Crippen MR) is 66.5 cm³/mol. The average Bonchev–Trinajstić information content (AvgIpc) is 2.66. The van der Waals surface area contributed by atoms with E-state index in [0.717, 1.165) is 7.11 Å². The van der Waals surface area contributed by atoms with Gasteiger partial charge in [-0.2, -0.15) is 0 Å². The minimum atomic E-state index is -3.82. The lowest BCUT2D eigenvalue weighted by Crippen LogP contribution is -2.20. The lowest BCUT2D eigenvalue weighted by atomic mass is 10.2. The summed E-state index contributed by atoms with van der Waals surface area (Å²) in [6.45, 7) is 1.51. The summed E-state index contributed by atoms with van der Waals surface area (Å²) in [5.41, 5.74) is 0.120. The highest BCUT2D eigenvalue weighted by Gasteiger charge is 2.20. The molecule has 106 valence electrons. The van der Waals surface area contributed by atoms with Crippen LogP contribution in [0, 0.1) is 6.92 Å². The zero-order valence-corrected chi connectivity index (χ0v) is 11.2. The molecule has 1 aromatic rings. The summed E-state index contributed by atoms with van der Waals surface area (Å²) < 4.78 is 29.8. The molecule has 3 N–H and O–H groups in total. The molecule has 0 aliphatic carbocycles. The molecule has 0 fully saturated rings. The number of hydrogen-bond donors (Lipinski definition) is 3. The van der Waals surface area contributed by atoms with E-state index in [4.69, 9.17) is 5.11 Å². The molecule has 0 amide bonds. The van der Waals surface area contributed by atoms with Crippen molar-refractivity contribution in [3.8, 4) is 0 Å². The molecule has 0 unspecified atom stereocenters. The third-order valence-electron chi connectivity index (χ3n) is 2.36. The van der Waals surface area contributed by atoms with Crippen LogP contribution in [0.2, 0.25) is 0 Å². The number of anilines is 1. The van der Waals surface area contributed by atoms with E-state index in [-0.39, 0.29) is 17.7 Å².